The third-order valence-corrected chi connectivity index (χ3v) is 6.68. The molecule has 8 unspecified atom stereocenters. The molecule has 0 amide bonds. The summed E-state index contributed by atoms with van der Waals surface area (Å²) in [6.07, 6.45) is 4.75. The van der Waals surface area contributed by atoms with Gasteiger partial charge in [-0.25, -0.2) is 8.78 Å². The first kappa shape index (κ1) is 14.6. The third kappa shape index (κ3) is 1.84. The smallest absolute Gasteiger partial charge is 0.310 e. The number of esters is 1. The van der Waals surface area contributed by atoms with Crippen LogP contribution in [0.25, 0.3) is 0 Å². The summed E-state index contributed by atoms with van der Waals surface area (Å²) in [5, 5.41) is 9.15. The summed E-state index contributed by atoms with van der Waals surface area (Å²) in [6, 6.07) is 0. The van der Waals surface area contributed by atoms with Gasteiger partial charge in [-0.05, 0) is 61.7 Å². The van der Waals surface area contributed by atoms with Crippen molar-refractivity contribution < 1.29 is 23.4 Å². The zero-order chi connectivity index (χ0) is 15.6. The van der Waals surface area contributed by atoms with Crippen molar-refractivity contribution in [2.45, 2.75) is 38.2 Å². The van der Waals surface area contributed by atoms with Gasteiger partial charge >= 0.3 is 5.97 Å². The fourth-order valence-electron chi connectivity index (χ4n) is 5.74. The molecular formula is C17H22F2O3. The molecule has 0 aliphatic heterocycles. The molecule has 4 aliphatic rings. The van der Waals surface area contributed by atoms with Gasteiger partial charge in [0.05, 0.1) is 12.5 Å². The molecule has 4 bridgehead atoms. The van der Waals surface area contributed by atoms with E-state index in [-0.39, 0.29) is 11.8 Å². The van der Waals surface area contributed by atoms with Crippen LogP contribution in [0.5, 0.6) is 0 Å². The molecule has 0 heterocycles. The number of hydrogen-bond acceptors (Lipinski definition) is 3. The van der Waals surface area contributed by atoms with E-state index < -0.39 is 24.6 Å². The molecule has 0 aromatic rings. The summed E-state index contributed by atoms with van der Waals surface area (Å²) < 4.78 is 31.1. The lowest BCUT2D eigenvalue weighted by atomic mass is 9.69. The number of hydrogen-bond donors (Lipinski definition) is 1. The highest BCUT2D eigenvalue weighted by Gasteiger charge is 2.62. The Kier molecular flexibility index (Phi) is 3.16. The van der Waals surface area contributed by atoms with Gasteiger partial charge in [-0.15, -0.1) is 0 Å². The van der Waals surface area contributed by atoms with E-state index in [9.17, 15) is 13.6 Å². The summed E-state index contributed by atoms with van der Waals surface area (Å²) >= 11 is 0. The molecule has 0 aromatic heterocycles. The van der Waals surface area contributed by atoms with Gasteiger partial charge in [-0.1, -0.05) is 12.2 Å². The second-order valence-corrected chi connectivity index (χ2v) is 7.80. The first-order valence-electron chi connectivity index (χ1n) is 8.25. The van der Waals surface area contributed by atoms with Crippen LogP contribution in [0, 0.1) is 41.4 Å². The second kappa shape index (κ2) is 4.76. The van der Waals surface area contributed by atoms with Crippen LogP contribution in [-0.4, -0.2) is 29.7 Å². The van der Waals surface area contributed by atoms with Gasteiger partial charge in [0.2, 0.25) is 0 Å². The maximum atomic E-state index is 13.0. The zero-order valence-corrected chi connectivity index (χ0v) is 12.6. The van der Waals surface area contributed by atoms with Crippen molar-refractivity contribution in [1.82, 2.24) is 0 Å². The number of rotatable bonds is 4. The van der Waals surface area contributed by atoms with Crippen molar-refractivity contribution >= 4 is 5.97 Å². The van der Waals surface area contributed by atoms with Crippen molar-refractivity contribution in [2.75, 3.05) is 6.61 Å². The molecule has 22 heavy (non-hydrogen) atoms. The van der Waals surface area contributed by atoms with Crippen LogP contribution in [0.4, 0.5) is 8.78 Å². The summed E-state index contributed by atoms with van der Waals surface area (Å²) in [5.74, 6) is 2.51. The Morgan fingerprint density at radius 2 is 1.95 bits per heavy atom. The number of carbonyl (C=O) groups is 1. The van der Waals surface area contributed by atoms with Crippen LogP contribution in [-0.2, 0) is 9.53 Å². The number of halogens is 2. The lowest BCUT2D eigenvalue weighted by Gasteiger charge is -2.37. The Morgan fingerprint density at radius 1 is 1.27 bits per heavy atom. The van der Waals surface area contributed by atoms with E-state index in [4.69, 9.17) is 9.84 Å². The Labute approximate surface area is 128 Å². The van der Waals surface area contributed by atoms with E-state index in [0.29, 0.717) is 29.6 Å². The van der Waals surface area contributed by atoms with Gasteiger partial charge in [0, 0.05) is 0 Å². The number of alkyl halides is 2. The molecule has 0 aromatic carbocycles. The van der Waals surface area contributed by atoms with Crippen LogP contribution in [0.3, 0.4) is 0 Å². The van der Waals surface area contributed by atoms with Crippen molar-refractivity contribution in [3.63, 3.8) is 0 Å². The minimum atomic E-state index is -2.88. The number of allylic oxidation sites excluding steroid dienone is 2. The van der Waals surface area contributed by atoms with Gasteiger partial charge in [0.25, 0.3) is 6.43 Å². The van der Waals surface area contributed by atoms with Gasteiger partial charge in [-0.3, -0.25) is 4.79 Å². The van der Waals surface area contributed by atoms with Crippen molar-refractivity contribution in [2.24, 2.45) is 41.4 Å². The van der Waals surface area contributed by atoms with Crippen molar-refractivity contribution in [3.8, 4) is 0 Å². The van der Waals surface area contributed by atoms with E-state index in [1.54, 1.807) is 0 Å². The first-order valence-corrected chi connectivity index (χ1v) is 8.25. The number of ether oxygens (including phenoxy) is 1. The van der Waals surface area contributed by atoms with Crippen LogP contribution < -0.4 is 0 Å². The predicted molar refractivity (Wildman–Crippen MR) is 75.0 cm³/mol. The topological polar surface area (TPSA) is 46.5 Å². The molecular weight excluding hydrogens is 290 g/mol. The summed E-state index contributed by atoms with van der Waals surface area (Å²) in [5.41, 5.74) is -2.08. The van der Waals surface area contributed by atoms with Crippen LogP contribution >= 0.6 is 0 Å². The van der Waals surface area contributed by atoms with E-state index in [1.165, 1.54) is 6.42 Å². The van der Waals surface area contributed by atoms with Gasteiger partial charge < -0.3 is 9.84 Å². The molecule has 0 spiro atoms. The van der Waals surface area contributed by atoms with E-state index in [0.717, 1.165) is 19.8 Å². The number of aliphatic hydroxyl groups is 1. The highest BCUT2D eigenvalue weighted by Crippen LogP contribution is 2.67. The van der Waals surface area contributed by atoms with E-state index >= 15 is 0 Å². The van der Waals surface area contributed by atoms with Crippen LogP contribution in [0.2, 0.25) is 0 Å². The molecule has 122 valence electrons. The molecule has 4 aliphatic carbocycles. The Hall–Kier alpha value is -0.970. The van der Waals surface area contributed by atoms with E-state index in [2.05, 4.69) is 12.2 Å². The molecule has 8 atom stereocenters. The molecule has 3 saturated carbocycles. The highest BCUT2D eigenvalue weighted by molar-refractivity contribution is 5.74. The molecule has 0 radical (unpaired) electrons. The first-order chi connectivity index (χ1) is 10.4. The van der Waals surface area contributed by atoms with Crippen LogP contribution in [0.15, 0.2) is 12.2 Å². The molecule has 0 saturated heterocycles. The molecule has 4 rings (SSSR count). The summed E-state index contributed by atoms with van der Waals surface area (Å²) in [4.78, 5) is 12.4. The molecule has 5 heteroatoms. The van der Waals surface area contributed by atoms with Crippen molar-refractivity contribution in [3.05, 3.63) is 12.2 Å². The number of fused-ring (bicyclic) bond motifs is 9. The zero-order valence-electron chi connectivity index (χ0n) is 12.6. The van der Waals surface area contributed by atoms with Crippen molar-refractivity contribution in [1.29, 1.82) is 0 Å². The Bertz CT molecular complexity index is 520. The summed E-state index contributed by atoms with van der Waals surface area (Å²) in [7, 11) is 0. The number of carbonyl (C=O) groups excluding carboxylic acids is 1. The molecule has 3 nitrogen and oxygen atoms in total. The molecule has 3 fully saturated rings. The third-order valence-electron chi connectivity index (χ3n) is 6.68. The standard InChI is InChI=1S/C17H22F2O3/c1-17(7-20,16(18)19)22-15(21)12-6-10-5-11(12)14-9-3-2-8(4-9)13(10)14/h2-3,8-14,16,20H,4-7H2,1H3. The van der Waals surface area contributed by atoms with Gasteiger partial charge in [0.15, 0.2) is 5.60 Å². The Morgan fingerprint density at radius 3 is 2.59 bits per heavy atom. The highest BCUT2D eigenvalue weighted by atomic mass is 19.3. The average molecular weight is 312 g/mol. The monoisotopic (exact) mass is 312 g/mol. The van der Waals surface area contributed by atoms with Gasteiger partial charge in [-0.2, -0.15) is 0 Å². The predicted octanol–water partition coefficient (Wildman–Crippen LogP) is 2.64. The minimum Gasteiger partial charge on any atom is -0.451 e. The maximum absolute atomic E-state index is 13.0. The lowest BCUT2D eigenvalue weighted by molar-refractivity contribution is -0.190. The number of aliphatic hydroxyl groups excluding tert-OH is 1. The van der Waals surface area contributed by atoms with Gasteiger partial charge in [0.1, 0.15) is 0 Å². The summed E-state index contributed by atoms with van der Waals surface area (Å²) in [6.45, 7) is 0.253. The molecule has 1 N–H and O–H groups in total. The average Bonchev–Trinajstić information content (AvgIpc) is 3.23. The fraction of sp³-hybridized carbons (Fsp3) is 0.824. The Balaban J connectivity index is 1.49. The second-order valence-electron chi connectivity index (χ2n) is 7.80. The normalized spacial score (nSPS) is 47.0. The largest absolute Gasteiger partial charge is 0.451 e. The van der Waals surface area contributed by atoms with Crippen LogP contribution in [0.1, 0.15) is 26.2 Å². The fourth-order valence-corrected chi connectivity index (χ4v) is 5.74. The lowest BCUT2D eigenvalue weighted by Crippen LogP contribution is -2.45. The minimum absolute atomic E-state index is 0.261. The maximum Gasteiger partial charge on any atom is 0.310 e. The van der Waals surface area contributed by atoms with E-state index in [1.807, 2.05) is 0 Å². The quantitative estimate of drug-likeness (QED) is 0.493. The SMILES string of the molecule is CC(CO)(OC(=O)C1CC2CC1C1C3C=CC(C3)C21)C(F)F.